The zero-order chi connectivity index (χ0) is 22.5. The van der Waals surface area contributed by atoms with Crippen molar-refractivity contribution >= 4 is 5.91 Å². The second-order valence-electron chi connectivity index (χ2n) is 8.56. The second-order valence-corrected chi connectivity index (χ2v) is 8.56. The van der Waals surface area contributed by atoms with Gasteiger partial charge >= 0.3 is 0 Å². The molecule has 0 aliphatic carbocycles. The van der Waals surface area contributed by atoms with Crippen LogP contribution in [0.1, 0.15) is 43.5 Å². The van der Waals surface area contributed by atoms with E-state index in [0.717, 1.165) is 47.7 Å². The summed E-state index contributed by atoms with van der Waals surface area (Å²) in [4.78, 5) is 17.2. The fourth-order valence-corrected chi connectivity index (χ4v) is 4.43. The highest BCUT2D eigenvalue weighted by atomic mass is 16.5. The minimum absolute atomic E-state index is 0.185. The van der Waals surface area contributed by atoms with Crippen LogP contribution in [0, 0.1) is 0 Å². The van der Waals surface area contributed by atoms with Crippen molar-refractivity contribution in [3.63, 3.8) is 0 Å². The number of likely N-dealkylation sites (tertiary alicyclic amines) is 1. The summed E-state index contributed by atoms with van der Waals surface area (Å²) >= 11 is 0. The van der Waals surface area contributed by atoms with Crippen molar-refractivity contribution < 1.29 is 9.53 Å². The van der Waals surface area contributed by atoms with Gasteiger partial charge in [-0.05, 0) is 50.6 Å². The van der Waals surface area contributed by atoms with Crippen molar-refractivity contribution in [3.05, 3.63) is 71.9 Å². The zero-order valence-corrected chi connectivity index (χ0v) is 19.1. The first-order chi connectivity index (χ1) is 15.5. The van der Waals surface area contributed by atoms with Crippen LogP contribution in [0.2, 0.25) is 0 Å². The minimum atomic E-state index is 0.185. The number of aromatic nitrogens is 2. The van der Waals surface area contributed by atoms with Crippen molar-refractivity contribution in [2.45, 2.75) is 44.8 Å². The third kappa shape index (κ3) is 5.02. The lowest BCUT2D eigenvalue weighted by Crippen LogP contribution is -2.35. The summed E-state index contributed by atoms with van der Waals surface area (Å²) in [6, 6.07) is 20.8. The van der Waals surface area contributed by atoms with Gasteiger partial charge in [0, 0.05) is 37.2 Å². The maximum Gasteiger partial charge on any atom is 0.222 e. The number of rotatable bonds is 7. The summed E-state index contributed by atoms with van der Waals surface area (Å²) in [5.74, 6) is 1.05. The molecule has 1 saturated heterocycles. The Labute approximate surface area is 190 Å². The normalized spacial score (nSPS) is 17.9. The highest BCUT2D eigenvalue weighted by Crippen LogP contribution is 2.28. The molecule has 4 rings (SSSR count). The molecule has 0 unspecified atom stereocenters. The molecule has 2 aromatic carbocycles. The quantitative estimate of drug-likeness (QED) is 0.590. The van der Waals surface area contributed by atoms with E-state index in [4.69, 9.17) is 4.74 Å². The number of hydrogen-bond acceptors (Lipinski definition) is 4. The number of aromatic amines is 1. The van der Waals surface area contributed by atoms with Crippen LogP contribution in [0.4, 0.5) is 0 Å². The second kappa shape index (κ2) is 10.0. The van der Waals surface area contributed by atoms with E-state index in [-0.39, 0.29) is 11.9 Å². The Morgan fingerprint density at radius 3 is 2.75 bits per heavy atom. The molecule has 168 valence electrons. The van der Waals surface area contributed by atoms with E-state index in [2.05, 4.69) is 53.3 Å². The van der Waals surface area contributed by atoms with E-state index in [9.17, 15) is 4.79 Å². The zero-order valence-electron chi connectivity index (χ0n) is 19.1. The number of benzene rings is 2. The van der Waals surface area contributed by atoms with Crippen LogP contribution in [0.3, 0.4) is 0 Å². The number of methoxy groups -OCH3 is 1. The van der Waals surface area contributed by atoms with Gasteiger partial charge in [-0.15, -0.1) is 0 Å². The molecule has 1 fully saturated rings. The summed E-state index contributed by atoms with van der Waals surface area (Å²) in [7, 11) is 3.82. The van der Waals surface area contributed by atoms with E-state index in [0.29, 0.717) is 19.0 Å². The van der Waals surface area contributed by atoms with Gasteiger partial charge < -0.3 is 9.64 Å². The molecule has 1 aliphatic rings. The van der Waals surface area contributed by atoms with Crippen LogP contribution in [0.15, 0.2) is 60.7 Å². The van der Waals surface area contributed by atoms with E-state index >= 15 is 0 Å². The Morgan fingerprint density at radius 1 is 1.16 bits per heavy atom. The molecule has 0 saturated carbocycles. The largest absolute Gasteiger partial charge is 0.497 e. The molecule has 0 spiro atoms. The molecule has 3 aromatic rings. The Bertz CT molecular complexity index is 1030. The van der Waals surface area contributed by atoms with E-state index in [1.165, 1.54) is 0 Å². The van der Waals surface area contributed by atoms with Crippen LogP contribution in [0.25, 0.3) is 11.3 Å². The van der Waals surface area contributed by atoms with Gasteiger partial charge in [-0.25, -0.2) is 0 Å². The average Bonchev–Trinajstić information content (AvgIpc) is 3.26. The summed E-state index contributed by atoms with van der Waals surface area (Å²) in [6.07, 6.45) is 2.40. The van der Waals surface area contributed by atoms with Crippen LogP contribution in [-0.2, 0) is 11.3 Å². The SMILES string of the molecule is COc1cccc(CN2CC[C@@H](N(C)[C@@H](C)c3cc(-c4ccccc4)n[nH]3)CCC2=O)c1. The smallest absolute Gasteiger partial charge is 0.222 e. The number of nitrogens with zero attached hydrogens (tertiary/aromatic N) is 3. The molecule has 0 radical (unpaired) electrons. The number of hydrogen-bond donors (Lipinski definition) is 1. The molecule has 1 aromatic heterocycles. The third-order valence-electron chi connectivity index (χ3n) is 6.59. The Hall–Kier alpha value is -3.12. The lowest BCUT2D eigenvalue weighted by Gasteiger charge is -2.32. The highest BCUT2D eigenvalue weighted by Gasteiger charge is 2.28. The van der Waals surface area contributed by atoms with Gasteiger partial charge in [0.15, 0.2) is 0 Å². The van der Waals surface area contributed by atoms with Crippen molar-refractivity contribution in [3.8, 4) is 17.0 Å². The molecule has 1 amide bonds. The number of nitrogens with one attached hydrogen (secondary N) is 1. The first-order valence-corrected chi connectivity index (χ1v) is 11.3. The van der Waals surface area contributed by atoms with Gasteiger partial charge in [0.1, 0.15) is 5.75 Å². The van der Waals surface area contributed by atoms with Gasteiger partial charge in [-0.1, -0.05) is 42.5 Å². The molecular formula is C26H32N4O2. The Morgan fingerprint density at radius 2 is 1.97 bits per heavy atom. The first-order valence-electron chi connectivity index (χ1n) is 11.3. The van der Waals surface area contributed by atoms with Gasteiger partial charge in [-0.3, -0.25) is 14.8 Å². The molecule has 1 aliphatic heterocycles. The summed E-state index contributed by atoms with van der Waals surface area (Å²) < 4.78 is 5.32. The van der Waals surface area contributed by atoms with Crippen LogP contribution in [0.5, 0.6) is 5.75 Å². The molecule has 2 heterocycles. The lowest BCUT2D eigenvalue weighted by molar-refractivity contribution is -0.131. The third-order valence-corrected chi connectivity index (χ3v) is 6.59. The molecule has 2 atom stereocenters. The fourth-order valence-electron chi connectivity index (χ4n) is 4.43. The molecule has 1 N–H and O–H groups in total. The number of amides is 1. The first kappa shape index (κ1) is 22.1. The van der Waals surface area contributed by atoms with Crippen molar-refractivity contribution in [1.29, 1.82) is 0 Å². The minimum Gasteiger partial charge on any atom is -0.497 e. The Kier molecular flexibility index (Phi) is 6.90. The molecule has 6 nitrogen and oxygen atoms in total. The van der Waals surface area contributed by atoms with Crippen LogP contribution >= 0.6 is 0 Å². The summed E-state index contributed by atoms with van der Waals surface area (Å²) in [5.41, 5.74) is 4.26. The summed E-state index contributed by atoms with van der Waals surface area (Å²) in [6.45, 7) is 3.59. The Balaban J connectivity index is 1.40. The maximum atomic E-state index is 12.8. The fraction of sp³-hybridized carbons (Fsp3) is 0.385. The predicted molar refractivity (Wildman–Crippen MR) is 126 cm³/mol. The highest BCUT2D eigenvalue weighted by molar-refractivity contribution is 5.76. The number of H-pyrrole nitrogens is 1. The van der Waals surface area contributed by atoms with Gasteiger partial charge in [-0.2, -0.15) is 5.10 Å². The van der Waals surface area contributed by atoms with Crippen molar-refractivity contribution in [2.75, 3.05) is 20.7 Å². The van der Waals surface area contributed by atoms with E-state index in [1.807, 2.05) is 41.3 Å². The summed E-state index contributed by atoms with van der Waals surface area (Å²) in [5, 5.41) is 7.73. The van der Waals surface area contributed by atoms with E-state index < -0.39 is 0 Å². The number of ether oxygens (including phenoxy) is 1. The van der Waals surface area contributed by atoms with Crippen LogP contribution in [-0.4, -0.2) is 52.6 Å². The molecular weight excluding hydrogens is 400 g/mol. The number of carbonyl (C=O) groups excluding carboxylic acids is 1. The molecule has 32 heavy (non-hydrogen) atoms. The standard InChI is InChI=1S/C26H32N4O2/c1-19(24-17-25(28-27-24)21-9-5-4-6-10-21)29(2)22-12-13-26(31)30(15-14-22)18-20-8-7-11-23(16-20)32-3/h4-11,16-17,19,22H,12-15,18H2,1-3H3,(H,27,28)/t19-,22-/m0/s1. The average molecular weight is 433 g/mol. The van der Waals surface area contributed by atoms with Crippen molar-refractivity contribution in [2.24, 2.45) is 0 Å². The topological polar surface area (TPSA) is 61.5 Å². The van der Waals surface area contributed by atoms with Gasteiger partial charge in [0.25, 0.3) is 0 Å². The number of carbonyl (C=O) groups is 1. The molecule has 0 bridgehead atoms. The van der Waals surface area contributed by atoms with Crippen molar-refractivity contribution in [1.82, 2.24) is 20.0 Å². The van der Waals surface area contributed by atoms with Crippen LogP contribution < -0.4 is 4.74 Å². The predicted octanol–water partition coefficient (Wildman–Crippen LogP) is 4.66. The van der Waals surface area contributed by atoms with Gasteiger partial charge in [0.2, 0.25) is 5.91 Å². The lowest BCUT2D eigenvalue weighted by atomic mass is 10.0. The maximum absolute atomic E-state index is 12.8. The van der Waals surface area contributed by atoms with E-state index in [1.54, 1.807) is 7.11 Å². The monoisotopic (exact) mass is 432 g/mol. The molecule has 6 heteroatoms. The van der Waals surface area contributed by atoms with Gasteiger partial charge in [0.05, 0.1) is 18.5 Å².